The minimum atomic E-state index is -0.391. The van der Waals surface area contributed by atoms with Gasteiger partial charge in [-0.3, -0.25) is 4.79 Å². The molecule has 1 aliphatic rings. The van der Waals surface area contributed by atoms with Gasteiger partial charge in [0, 0.05) is 14.9 Å². The second-order valence-electron chi connectivity index (χ2n) is 6.99. The van der Waals surface area contributed by atoms with Crippen LogP contribution < -0.4 is 5.32 Å². The second kappa shape index (κ2) is 10.2. The number of rotatable bonds is 8. The van der Waals surface area contributed by atoms with E-state index in [2.05, 4.69) is 15.5 Å². The Morgan fingerprint density at radius 3 is 2.91 bits per heavy atom. The molecule has 0 aliphatic heterocycles. The van der Waals surface area contributed by atoms with Gasteiger partial charge in [-0.1, -0.05) is 41.0 Å². The van der Waals surface area contributed by atoms with E-state index in [0.717, 1.165) is 47.0 Å². The number of hydrogen-bond acceptors (Lipinski definition) is 8. The van der Waals surface area contributed by atoms with E-state index in [1.165, 1.54) is 11.3 Å². The lowest BCUT2D eigenvalue weighted by Crippen LogP contribution is -2.16. The SMILES string of the molecule is CCOC(=O)c1c(NC(=O)CSc2nnc(Cc3ccc(Cl)cc3Cl)o2)sc2c1CCC2. The molecule has 11 heteroatoms. The number of aryl methyl sites for hydroxylation is 1. The molecule has 168 valence electrons. The molecule has 1 N–H and O–H groups in total. The zero-order chi connectivity index (χ0) is 22.7. The third-order valence-electron chi connectivity index (χ3n) is 4.79. The molecular formula is C21H19Cl2N3O4S2. The zero-order valence-corrected chi connectivity index (χ0v) is 20.2. The minimum absolute atomic E-state index is 0.0637. The monoisotopic (exact) mass is 511 g/mol. The van der Waals surface area contributed by atoms with Crippen molar-refractivity contribution < 1.29 is 18.7 Å². The molecule has 3 aromatic rings. The van der Waals surface area contributed by atoms with Gasteiger partial charge in [0.05, 0.1) is 24.3 Å². The first-order chi connectivity index (χ1) is 15.4. The number of aromatic nitrogens is 2. The summed E-state index contributed by atoms with van der Waals surface area (Å²) < 4.78 is 10.8. The van der Waals surface area contributed by atoms with Crippen LogP contribution in [0.15, 0.2) is 27.8 Å². The summed E-state index contributed by atoms with van der Waals surface area (Å²) in [5.41, 5.74) is 2.30. The normalized spacial score (nSPS) is 12.6. The third kappa shape index (κ3) is 5.28. The van der Waals surface area contributed by atoms with Crippen LogP contribution >= 0.6 is 46.3 Å². The Morgan fingerprint density at radius 2 is 2.12 bits per heavy atom. The smallest absolute Gasteiger partial charge is 0.341 e. The first-order valence-corrected chi connectivity index (χ1v) is 12.5. The number of ether oxygens (including phenoxy) is 1. The number of esters is 1. The van der Waals surface area contributed by atoms with Gasteiger partial charge in [0.15, 0.2) is 0 Å². The highest BCUT2D eigenvalue weighted by atomic mass is 35.5. The number of nitrogens with one attached hydrogen (secondary N) is 1. The lowest BCUT2D eigenvalue weighted by atomic mass is 10.1. The predicted molar refractivity (Wildman–Crippen MR) is 125 cm³/mol. The van der Waals surface area contributed by atoms with Crippen molar-refractivity contribution in [3.8, 4) is 0 Å². The fraction of sp³-hybridized carbons (Fsp3) is 0.333. The lowest BCUT2D eigenvalue weighted by Gasteiger charge is -2.07. The average Bonchev–Trinajstić information content (AvgIpc) is 3.45. The minimum Gasteiger partial charge on any atom is -0.462 e. The molecule has 0 fully saturated rings. The van der Waals surface area contributed by atoms with Crippen molar-refractivity contribution >= 4 is 63.2 Å². The van der Waals surface area contributed by atoms with Gasteiger partial charge >= 0.3 is 5.97 Å². The fourth-order valence-corrected chi connectivity index (χ4v) is 5.75. The van der Waals surface area contributed by atoms with E-state index in [9.17, 15) is 9.59 Å². The highest BCUT2D eigenvalue weighted by molar-refractivity contribution is 7.99. The first kappa shape index (κ1) is 23.1. The summed E-state index contributed by atoms with van der Waals surface area (Å²) in [5.74, 6) is -0.205. The standard InChI is InChI=1S/C21H19Cl2N3O4S2/c1-2-29-20(28)18-13-4-3-5-15(13)32-19(18)24-16(27)10-31-21-26-25-17(30-21)8-11-6-7-12(22)9-14(11)23/h6-7,9H,2-5,8,10H2,1H3,(H,24,27). The highest BCUT2D eigenvalue weighted by Gasteiger charge is 2.28. The van der Waals surface area contributed by atoms with Crippen molar-refractivity contribution in [2.75, 3.05) is 17.7 Å². The van der Waals surface area contributed by atoms with Crippen molar-refractivity contribution in [1.82, 2.24) is 10.2 Å². The van der Waals surface area contributed by atoms with Gasteiger partial charge in [-0.05, 0) is 49.4 Å². The van der Waals surface area contributed by atoms with Gasteiger partial charge in [-0.2, -0.15) is 0 Å². The number of halogens is 2. The van der Waals surface area contributed by atoms with Crippen molar-refractivity contribution in [3.63, 3.8) is 0 Å². The van der Waals surface area contributed by atoms with Crippen LogP contribution in [0.3, 0.4) is 0 Å². The molecule has 0 radical (unpaired) electrons. The van der Waals surface area contributed by atoms with Gasteiger partial charge in [0.1, 0.15) is 5.00 Å². The maximum atomic E-state index is 12.5. The quantitative estimate of drug-likeness (QED) is 0.318. The summed E-state index contributed by atoms with van der Waals surface area (Å²) >= 11 is 14.7. The van der Waals surface area contributed by atoms with Crippen LogP contribution in [0.5, 0.6) is 0 Å². The summed E-state index contributed by atoms with van der Waals surface area (Å²) in [4.78, 5) is 26.1. The molecule has 0 unspecified atom stereocenters. The number of anilines is 1. The van der Waals surface area contributed by atoms with Crippen molar-refractivity contribution in [3.05, 3.63) is 55.7 Å². The lowest BCUT2D eigenvalue weighted by molar-refractivity contribution is -0.113. The average molecular weight is 512 g/mol. The van der Waals surface area contributed by atoms with E-state index in [1.54, 1.807) is 25.1 Å². The van der Waals surface area contributed by atoms with Crippen molar-refractivity contribution in [1.29, 1.82) is 0 Å². The molecule has 2 heterocycles. The topological polar surface area (TPSA) is 94.3 Å². The molecule has 4 rings (SSSR count). The maximum absolute atomic E-state index is 12.5. The van der Waals surface area contributed by atoms with Gasteiger partial charge in [-0.25, -0.2) is 4.79 Å². The van der Waals surface area contributed by atoms with Crippen LogP contribution in [0, 0.1) is 0 Å². The Kier molecular flexibility index (Phi) is 7.40. The largest absolute Gasteiger partial charge is 0.462 e. The molecule has 7 nitrogen and oxygen atoms in total. The molecule has 1 amide bonds. The van der Waals surface area contributed by atoms with Crippen LogP contribution in [-0.4, -0.2) is 34.4 Å². The molecular weight excluding hydrogens is 493 g/mol. The number of thioether (sulfide) groups is 1. The number of hydrogen-bond donors (Lipinski definition) is 1. The van der Waals surface area contributed by atoms with Crippen molar-refractivity contribution in [2.24, 2.45) is 0 Å². The van der Waals surface area contributed by atoms with Crippen LogP contribution in [0.1, 0.15) is 45.6 Å². The van der Waals surface area contributed by atoms with Crippen LogP contribution in [0.4, 0.5) is 5.00 Å². The van der Waals surface area contributed by atoms with Gasteiger partial charge in [-0.15, -0.1) is 21.5 Å². The van der Waals surface area contributed by atoms with E-state index >= 15 is 0 Å². The summed E-state index contributed by atoms with van der Waals surface area (Å²) in [6.45, 7) is 2.05. The van der Waals surface area contributed by atoms with Crippen molar-refractivity contribution in [2.45, 2.75) is 37.8 Å². The summed E-state index contributed by atoms with van der Waals surface area (Å²) in [6.07, 6.45) is 3.12. The molecule has 0 bridgehead atoms. The second-order valence-corrected chi connectivity index (χ2v) is 9.87. The summed E-state index contributed by atoms with van der Waals surface area (Å²) in [6, 6.07) is 5.19. The van der Waals surface area contributed by atoms with E-state index < -0.39 is 5.97 Å². The van der Waals surface area contributed by atoms with Crippen LogP contribution in [0.2, 0.25) is 10.0 Å². The fourth-order valence-electron chi connectivity index (χ4n) is 3.40. The number of thiophene rings is 1. The van der Waals surface area contributed by atoms with Crippen LogP contribution in [-0.2, 0) is 28.8 Å². The number of amides is 1. The summed E-state index contributed by atoms with van der Waals surface area (Å²) in [5, 5.41) is 12.7. The Labute approximate surface area is 202 Å². The molecule has 0 saturated heterocycles. The van der Waals surface area contributed by atoms with Gasteiger partial charge in [0.2, 0.25) is 11.8 Å². The van der Waals surface area contributed by atoms with Gasteiger partial charge < -0.3 is 14.5 Å². The Hall–Kier alpha value is -2.07. The first-order valence-electron chi connectivity index (χ1n) is 9.95. The zero-order valence-electron chi connectivity index (χ0n) is 17.1. The molecule has 2 aromatic heterocycles. The number of benzene rings is 1. The molecule has 1 aromatic carbocycles. The molecule has 32 heavy (non-hydrogen) atoms. The Balaban J connectivity index is 1.37. The predicted octanol–water partition coefficient (Wildman–Crippen LogP) is 5.42. The molecule has 0 saturated carbocycles. The maximum Gasteiger partial charge on any atom is 0.341 e. The summed E-state index contributed by atoms with van der Waals surface area (Å²) in [7, 11) is 0. The Bertz CT molecular complexity index is 1160. The van der Waals surface area contributed by atoms with E-state index in [4.69, 9.17) is 32.4 Å². The third-order valence-corrected chi connectivity index (χ3v) is 7.40. The van der Waals surface area contributed by atoms with E-state index in [1.807, 2.05) is 0 Å². The van der Waals surface area contributed by atoms with E-state index in [-0.39, 0.29) is 23.5 Å². The number of fused-ring (bicyclic) bond motifs is 1. The molecule has 0 atom stereocenters. The van der Waals surface area contributed by atoms with E-state index in [0.29, 0.717) is 32.9 Å². The molecule has 0 spiro atoms. The van der Waals surface area contributed by atoms with Gasteiger partial charge in [0.25, 0.3) is 5.22 Å². The number of carbonyl (C=O) groups excluding carboxylic acids is 2. The highest BCUT2D eigenvalue weighted by Crippen LogP contribution is 2.39. The van der Waals surface area contributed by atoms with Crippen LogP contribution in [0.25, 0.3) is 0 Å². The molecule has 1 aliphatic carbocycles. The number of carbonyl (C=O) groups is 2. The number of nitrogens with zero attached hydrogens (tertiary/aromatic N) is 2. The Morgan fingerprint density at radius 1 is 1.28 bits per heavy atom.